The van der Waals surface area contributed by atoms with Crippen molar-refractivity contribution in [2.45, 2.75) is 38.1 Å². The standard InChI is InChI=1S/C13H22N2O2S/c1-13(2,3)9-11(14)10-15-18(16,17)12-7-5-4-6-8-12/h4-8,11,15H,9-10,14H2,1-3H3. The van der Waals surface area contributed by atoms with E-state index >= 15 is 0 Å². The van der Waals surface area contributed by atoms with Crippen molar-refractivity contribution < 1.29 is 8.42 Å². The first kappa shape index (κ1) is 15.1. The molecule has 102 valence electrons. The lowest BCUT2D eigenvalue weighted by Gasteiger charge is -2.23. The molecule has 18 heavy (non-hydrogen) atoms. The second kappa shape index (κ2) is 5.82. The van der Waals surface area contributed by atoms with Gasteiger partial charge in [-0.3, -0.25) is 0 Å². The van der Waals surface area contributed by atoms with Gasteiger partial charge < -0.3 is 5.73 Å². The topological polar surface area (TPSA) is 72.2 Å². The molecule has 0 aromatic heterocycles. The second-order valence-electron chi connectivity index (χ2n) is 5.69. The van der Waals surface area contributed by atoms with E-state index in [1.54, 1.807) is 30.3 Å². The molecule has 0 saturated heterocycles. The average molecular weight is 270 g/mol. The Morgan fingerprint density at radius 3 is 2.28 bits per heavy atom. The summed E-state index contributed by atoms with van der Waals surface area (Å²) < 4.78 is 26.4. The first-order valence-electron chi connectivity index (χ1n) is 6.01. The van der Waals surface area contributed by atoms with Gasteiger partial charge in [0.15, 0.2) is 0 Å². The van der Waals surface area contributed by atoms with Gasteiger partial charge in [-0.2, -0.15) is 0 Å². The van der Waals surface area contributed by atoms with Crippen LogP contribution in [-0.4, -0.2) is 21.0 Å². The van der Waals surface area contributed by atoms with Gasteiger partial charge in [0.1, 0.15) is 0 Å². The highest BCUT2D eigenvalue weighted by molar-refractivity contribution is 7.89. The minimum absolute atomic E-state index is 0.0948. The van der Waals surface area contributed by atoms with Crippen molar-refractivity contribution in [2.24, 2.45) is 11.1 Å². The number of hydrogen-bond acceptors (Lipinski definition) is 3. The zero-order valence-corrected chi connectivity index (χ0v) is 12.0. The van der Waals surface area contributed by atoms with Crippen LogP contribution in [0.25, 0.3) is 0 Å². The summed E-state index contributed by atoms with van der Waals surface area (Å²) in [6.07, 6.45) is 0.768. The zero-order valence-electron chi connectivity index (χ0n) is 11.2. The molecule has 0 radical (unpaired) electrons. The lowest BCUT2D eigenvalue weighted by Crippen LogP contribution is -2.39. The second-order valence-corrected chi connectivity index (χ2v) is 7.46. The molecule has 1 aromatic rings. The monoisotopic (exact) mass is 270 g/mol. The molecule has 0 aliphatic rings. The van der Waals surface area contributed by atoms with Crippen LogP contribution in [0.4, 0.5) is 0 Å². The van der Waals surface area contributed by atoms with E-state index in [-0.39, 0.29) is 22.9 Å². The molecule has 0 spiro atoms. The van der Waals surface area contributed by atoms with Gasteiger partial charge in [-0.1, -0.05) is 39.0 Å². The van der Waals surface area contributed by atoms with E-state index in [4.69, 9.17) is 5.73 Å². The number of benzene rings is 1. The van der Waals surface area contributed by atoms with E-state index in [1.807, 2.05) is 0 Å². The number of sulfonamides is 1. The predicted molar refractivity (Wildman–Crippen MR) is 73.7 cm³/mol. The van der Waals surface area contributed by atoms with Crippen molar-refractivity contribution >= 4 is 10.0 Å². The number of nitrogens with one attached hydrogen (secondary N) is 1. The molecule has 1 unspecified atom stereocenters. The van der Waals surface area contributed by atoms with Gasteiger partial charge in [0.05, 0.1) is 4.90 Å². The highest BCUT2D eigenvalue weighted by Crippen LogP contribution is 2.19. The van der Waals surface area contributed by atoms with Gasteiger partial charge in [-0.15, -0.1) is 0 Å². The summed E-state index contributed by atoms with van der Waals surface area (Å²) in [7, 11) is -3.44. The molecule has 4 nitrogen and oxygen atoms in total. The Kier molecular flexibility index (Phi) is 4.90. The third-order valence-corrected chi connectivity index (χ3v) is 3.90. The van der Waals surface area contributed by atoms with Crippen LogP contribution in [-0.2, 0) is 10.0 Å². The maximum absolute atomic E-state index is 11.9. The van der Waals surface area contributed by atoms with E-state index in [1.165, 1.54) is 0 Å². The summed E-state index contributed by atoms with van der Waals surface area (Å²) in [6, 6.07) is 8.14. The quantitative estimate of drug-likeness (QED) is 0.856. The van der Waals surface area contributed by atoms with Crippen LogP contribution in [0, 0.1) is 5.41 Å². The van der Waals surface area contributed by atoms with Crippen LogP contribution in [0.1, 0.15) is 27.2 Å². The van der Waals surface area contributed by atoms with E-state index in [0.717, 1.165) is 6.42 Å². The molecule has 0 fully saturated rings. The summed E-state index contributed by atoms with van der Waals surface area (Å²) >= 11 is 0. The molecule has 1 aromatic carbocycles. The molecule has 0 saturated carbocycles. The molecule has 1 atom stereocenters. The minimum atomic E-state index is -3.44. The van der Waals surface area contributed by atoms with Crippen LogP contribution in [0.5, 0.6) is 0 Å². The minimum Gasteiger partial charge on any atom is -0.326 e. The summed E-state index contributed by atoms with van der Waals surface area (Å²) in [6.45, 7) is 6.50. The highest BCUT2D eigenvalue weighted by Gasteiger charge is 2.18. The molecule has 0 amide bonds. The lowest BCUT2D eigenvalue weighted by molar-refractivity contribution is 0.338. The largest absolute Gasteiger partial charge is 0.326 e. The fourth-order valence-corrected chi connectivity index (χ4v) is 2.87. The summed E-state index contributed by atoms with van der Waals surface area (Å²) in [4.78, 5) is 0.271. The normalized spacial score (nSPS) is 14.4. The van der Waals surface area contributed by atoms with E-state index in [2.05, 4.69) is 25.5 Å². The smallest absolute Gasteiger partial charge is 0.240 e. The summed E-state index contributed by atoms with van der Waals surface area (Å²) in [5.74, 6) is 0. The number of nitrogens with two attached hydrogens (primary N) is 1. The predicted octanol–water partition coefficient (Wildman–Crippen LogP) is 1.73. The third kappa shape index (κ3) is 5.16. The van der Waals surface area contributed by atoms with Gasteiger partial charge in [-0.05, 0) is 24.0 Å². The molecule has 3 N–H and O–H groups in total. The van der Waals surface area contributed by atoms with Crippen LogP contribution in [0.2, 0.25) is 0 Å². The van der Waals surface area contributed by atoms with E-state index < -0.39 is 10.0 Å². The van der Waals surface area contributed by atoms with Crippen LogP contribution < -0.4 is 10.5 Å². The van der Waals surface area contributed by atoms with Crippen molar-refractivity contribution in [3.63, 3.8) is 0 Å². The van der Waals surface area contributed by atoms with E-state index in [0.29, 0.717) is 0 Å². The lowest BCUT2D eigenvalue weighted by atomic mass is 9.88. The number of rotatable bonds is 5. The molecule has 0 aliphatic carbocycles. The zero-order chi connectivity index (χ0) is 13.8. The third-order valence-electron chi connectivity index (χ3n) is 2.46. The maximum Gasteiger partial charge on any atom is 0.240 e. The average Bonchev–Trinajstić information content (AvgIpc) is 2.26. The Labute approximate surface area is 110 Å². The van der Waals surface area contributed by atoms with Gasteiger partial charge >= 0.3 is 0 Å². The van der Waals surface area contributed by atoms with Gasteiger partial charge in [0, 0.05) is 12.6 Å². The fraction of sp³-hybridized carbons (Fsp3) is 0.538. The Morgan fingerprint density at radius 1 is 1.22 bits per heavy atom. The highest BCUT2D eigenvalue weighted by atomic mass is 32.2. The van der Waals surface area contributed by atoms with Crippen molar-refractivity contribution in [3.05, 3.63) is 30.3 Å². The molecule has 0 aliphatic heterocycles. The molecule has 0 bridgehead atoms. The Morgan fingerprint density at radius 2 is 1.78 bits per heavy atom. The number of hydrogen-bond donors (Lipinski definition) is 2. The van der Waals surface area contributed by atoms with Crippen molar-refractivity contribution in [1.82, 2.24) is 4.72 Å². The molecule has 1 rings (SSSR count). The van der Waals surface area contributed by atoms with Crippen molar-refractivity contribution in [1.29, 1.82) is 0 Å². The Bertz CT molecular complexity index is 464. The maximum atomic E-state index is 11.9. The summed E-state index contributed by atoms with van der Waals surface area (Å²) in [5, 5.41) is 0. The van der Waals surface area contributed by atoms with Gasteiger partial charge in [0.25, 0.3) is 0 Å². The first-order chi connectivity index (χ1) is 8.21. The SMILES string of the molecule is CC(C)(C)CC(N)CNS(=O)(=O)c1ccccc1. The Balaban J connectivity index is 2.58. The summed E-state index contributed by atoms with van der Waals surface area (Å²) in [5.41, 5.74) is 6.01. The van der Waals surface area contributed by atoms with Crippen LogP contribution in [0.15, 0.2) is 35.2 Å². The van der Waals surface area contributed by atoms with Crippen molar-refractivity contribution in [3.8, 4) is 0 Å². The van der Waals surface area contributed by atoms with Crippen LogP contribution >= 0.6 is 0 Å². The fourth-order valence-electron chi connectivity index (χ4n) is 1.76. The molecular formula is C13H22N2O2S. The first-order valence-corrected chi connectivity index (χ1v) is 7.49. The van der Waals surface area contributed by atoms with Crippen molar-refractivity contribution in [2.75, 3.05) is 6.54 Å². The molecule has 5 heteroatoms. The Hall–Kier alpha value is -0.910. The van der Waals surface area contributed by atoms with Gasteiger partial charge in [-0.25, -0.2) is 13.1 Å². The van der Waals surface area contributed by atoms with Crippen LogP contribution in [0.3, 0.4) is 0 Å². The van der Waals surface area contributed by atoms with E-state index in [9.17, 15) is 8.42 Å². The molecular weight excluding hydrogens is 248 g/mol. The van der Waals surface area contributed by atoms with Gasteiger partial charge in [0.2, 0.25) is 10.0 Å². The molecule has 0 heterocycles.